The van der Waals surface area contributed by atoms with Crippen molar-refractivity contribution in [2.75, 3.05) is 19.6 Å². The van der Waals surface area contributed by atoms with Crippen LogP contribution in [0.4, 0.5) is 0 Å². The average molecular weight is 249 g/mol. The third-order valence-corrected chi connectivity index (χ3v) is 4.00. The van der Waals surface area contributed by atoms with E-state index in [1.807, 2.05) is 11.8 Å². The Kier molecular flexibility index (Phi) is 3.03. The molecular formula is C12H19N5O. The van der Waals surface area contributed by atoms with Crippen LogP contribution in [0.15, 0.2) is 0 Å². The number of carbonyl (C=O) groups excluding carboxylic acids is 1. The number of hydrogen-bond donors (Lipinski definition) is 2. The van der Waals surface area contributed by atoms with Gasteiger partial charge in [-0.1, -0.05) is 6.92 Å². The number of aromatic amines is 1. The molecule has 2 unspecified atom stereocenters. The van der Waals surface area contributed by atoms with E-state index in [1.165, 1.54) is 6.42 Å². The number of rotatable bonds is 2. The molecular weight excluding hydrogens is 230 g/mol. The predicted octanol–water partition coefficient (Wildman–Crippen LogP) is 0.191. The number of H-pyrrole nitrogens is 1. The zero-order chi connectivity index (χ0) is 12.5. The Morgan fingerprint density at radius 2 is 2.39 bits per heavy atom. The molecule has 0 aliphatic carbocycles. The first-order valence-corrected chi connectivity index (χ1v) is 6.72. The molecule has 2 atom stereocenters. The number of nitrogens with zero attached hydrogens (tertiary/aromatic N) is 3. The number of likely N-dealkylation sites (tertiary alicyclic amines) is 1. The van der Waals surface area contributed by atoms with Crippen LogP contribution in [0.25, 0.3) is 0 Å². The highest BCUT2D eigenvalue weighted by Crippen LogP contribution is 2.27. The van der Waals surface area contributed by atoms with E-state index in [-0.39, 0.29) is 5.91 Å². The van der Waals surface area contributed by atoms with Crippen molar-refractivity contribution in [1.82, 2.24) is 25.4 Å². The van der Waals surface area contributed by atoms with Crippen molar-refractivity contribution < 1.29 is 4.79 Å². The predicted molar refractivity (Wildman–Crippen MR) is 66.2 cm³/mol. The molecule has 1 aromatic heterocycles. The van der Waals surface area contributed by atoms with Gasteiger partial charge in [-0.15, -0.1) is 5.10 Å². The number of amides is 1. The van der Waals surface area contributed by atoms with E-state index in [9.17, 15) is 4.79 Å². The molecule has 1 amide bonds. The van der Waals surface area contributed by atoms with Gasteiger partial charge in [-0.25, -0.2) is 4.98 Å². The van der Waals surface area contributed by atoms with E-state index in [1.54, 1.807) is 0 Å². The van der Waals surface area contributed by atoms with Crippen molar-refractivity contribution in [3.8, 4) is 0 Å². The number of piperidine rings is 1. The maximum Gasteiger partial charge on any atom is 0.293 e. The Bertz CT molecular complexity index is 443. The minimum absolute atomic E-state index is 0.0237. The van der Waals surface area contributed by atoms with E-state index in [0.29, 0.717) is 17.8 Å². The highest BCUT2D eigenvalue weighted by Gasteiger charge is 2.38. The second kappa shape index (κ2) is 4.68. The molecule has 6 heteroatoms. The molecule has 0 spiro atoms. The summed E-state index contributed by atoms with van der Waals surface area (Å²) in [6.45, 7) is 4.76. The number of hydrogen-bond acceptors (Lipinski definition) is 4. The monoisotopic (exact) mass is 249 g/mol. The SMILES string of the molecule is CCc1nc(C(=O)N2CCCC3CNCC32)n[nH]1. The molecule has 0 aromatic carbocycles. The van der Waals surface area contributed by atoms with Crippen LogP contribution in [0.5, 0.6) is 0 Å². The molecule has 1 aromatic rings. The van der Waals surface area contributed by atoms with Crippen LogP contribution in [0.2, 0.25) is 0 Å². The summed E-state index contributed by atoms with van der Waals surface area (Å²) in [5, 5.41) is 10.2. The maximum absolute atomic E-state index is 12.4. The molecule has 0 saturated carbocycles. The third-order valence-electron chi connectivity index (χ3n) is 4.00. The summed E-state index contributed by atoms with van der Waals surface area (Å²) < 4.78 is 0. The minimum Gasteiger partial charge on any atom is -0.331 e. The lowest BCUT2D eigenvalue weighted by Gasteiger charge is -2.36. The van der Waals surface area contributed by atoms with Crippen LogP contribution in [0, 0.1) is 5.92 Å². The molecule has 2 N–H and O–H groups in total. The first-order chi connectivity index (χ1) is 8.79. The van der Waals surface area contributed by atoms with Crippen LogP contribution in [0.3, 0.4) is 0 Å². The van der Waals surface area contributed by atoms with Gasteiger partial charge in [0.15, 0.2) is 0 Å². The Labute approximate surface area is 106 Å². The fraction of sp³-hybridized carbons (Fsp3) is 0.750. The van der Waals surface area contributed by atoms with Crippen LogP contribution < -0.4 is 5.32 Å². The molecule has 18 heavy (non-hydrogen) atoms. The summed E-state index contributed by atoms with van der Waals surface area (Å²) in [6, 6.07) is 0.329. The second-order valence-electron chi connectivity index (χ2n) is 5.09. The zero-order valence-electron chi connectivity index (χ0n) is 10.6. The molecule has 2 saturated heterocycles. The molecule has 2 aliphatic rings. The summed E-state index contributed by atoms with van der Waals surface area (Å²) in [6.07, 6.45) is 3.07. The van der Waals surface area contributed by atoms with Gasteiger partial charge >= 0.3 is 0 Å². The van der Waals surface area contributed by atoms with Crippen LogP contribution in [0.1, 0.15) is 36.2 Å². The number of nitrogens with one attached hydrogen (secondary N) is 2. The molecule has 0 radical (unpaired) electrons. The van der Waals surface area contributed by atoms with Crippen LogP contribution >= 0.6 is 0 Å². The smallest absolute Gasteiger partial charge is 0.293 e. The fourth-order valence-electron chi connectivity index (χ4n) is 3.00. The highest BCUT2D eigenvalue weighted by molar-refractivity contribution is 5.90. The molecule has 3 heterocycles. The molecule has 6 nitrogen and oxygen atoms in total. The Hall–Kier alpha value is -1.43. The first-order valence-electron chi connectivity index (χ1n) is 6.72. The van der Waals surface area contributed by atoms with Crippen molar-refractivity contribution in [3.05, 3.63) is 11.6 Å². The van der Waals surface area contributed by atoms with Gasteiger partial charge in [-0.3, -0.25) is 9.89 Å². The van der Waals surface area contributed by atoms with E-state index in [2.05, 4.69) is 20.5 Å². The summed E-state index contributed by atoms with van der Waals surface area (Å²) >= 11 is 0. The lowest BCUT2D eigenvalue weighted by Crippen LogP contribution is -2.48. The van der Waals surface area contributed by atoms with Gasteiger partial charge in [0.05, 0.1) is 0 Å². The Morgan fingerprint density at radius 1 is 1.50 bits per heavy atom. The van der Waals surface area contributed by atoms with Gasteiger partial charge in [0.1, 0.15) is 5.82 Å². The molecule has 2 aliphatic heterocycles. The van der Waals surface area contributed by atoms with Gasteiger partial charge in [0, 0.05) is 32.1 Å². The van der Waals surface area contributed by atoms with Gasteiger partial charge in [0.25, 0.3) is 5.91 Å². The van der Waals surface area contributed by atoms with E-state index in [0.717, 1.165) is 38.3 Å². The highest BCUT2D eigenvalue weighted by atomic mass is 16.2. The lowest BCUT2D eigenvalue weighted by molar-refractivity contribution is 0.0562. The number of carbonyl (C=O) groups is 1. The normalized spacial score (nSPS) is 27.3. The van der Waals surface area contributed by atoms with E-state index < -0.39 is 0 Å². The number of aromatic nitrogens is 3. The summed E-state index contributed by atoms with van der Waals surface area (Å²) in [4.78, 5) is 18.6. The van der Waals surface area contributed by atoms with Gasteiger partial charge in [-0.2, -0.15) is 0 Å². The van der Waals surface area contributed by atoms with Crippen molar-refractivity contribution in [1.29, 1.82) is 0 Å². The van der Waals surface area contributed by atoms with E-state index in [4.69, 9.17) is 0 Å². The van der Waals surface area contributed by atoms with Crippen LogP contribution in [-0.2, 0) is 6.42 Å². The quantitative estimate of drug-likeness (QED) is 0.785. The standard InChI is InChI=1S/C12H19N5O/c1-2-10-14-11(16-15-10)12(18)17-5-3-4-8-6-13-7-9(8)17/h8-9,13H,2-7H2,1H3,(H,14,15,16). The van der Waals surface area contributed by atoms with Crippen molar-refractivity contribution in [2.45, 2.75) is 32.2 Å². The van der Waals surface area contributed by atoms with Crippen LogP contribution in [-0.4, -0.2) is 51.7 Å². The molecule has 0 bridgehead atoms. The maximum atomic E-state index is 12.4. The molecule has 2 fully saturated rings. The summed E-state index contributed by atoms with van der Waals surface area (Å²) in [5.74, 6) is 1.67. The Morgan fingerprint density at radius 3 is 3.17 bits per heavy atom. The number of aryl methyl sites for hydroxylation is 1. The summed E-state index contributed by atoms with van der Waals surface area (Å²) in [7, 11) is 0. The topological polar surface area (TPSA) is 73.9 Å². The second-order valence-corrected chi connectivity index (χ2v) is 5.09. The van der Waals surface area contributed by atoms with Crippen molar-refractivity contribution in [2.24, 2.45) is 5.92 Å². The largest absolute Gasteiger partial charge is 0.331 e. The first kappa shape index (κ1) is 11.6. The average Bonchev–Trinajstić information content (AvgIpc) is 3.05. The fourth-order valence-corrected chi connectivity index (χ4v) is 3.00. The molecule has 3 rings (SSSR count). The number of fused-ring (bicyclic) bond motifs is 1. The van der Waals surface area contributed by atoms with Crippen molar-refractivity contribution >= 4 is 5.91 Å². The molecule has 98 valence electrons. The lowest BCUT2D eigenvalue weighted by atomic mass is 9.92. The third kappa shape index (κ3) is 1.90. The zero-order valence-corrected chi connectivity index (χ0v) is 10.6. The van der Waals surface area contributed by atoms with Gasteiger partial charge < -0.3 is 10.2 Å². The van der Waals surface area contributed by atoms with Gasteiger partial charge in [-0.05, 0) is 18.8 Å². The minimum atomic E-state index is -0.0237. The summed E-state index contributed by atoms with van der Waals surface area (Å²) in [5.41, 5.74) is 0. The van der Waals surface area contributed by atoms with Gasteiger partial charge in [0.2, 0.25) is 5.82 Å². The Balaban J connectivity index is 1.78. The van der Waals surface area contributed by atoms with E-state index >= 15 is 0 Å². The van der Waals surface area contributed by atoms with Crippen molar-refractivity contribution in [3.63, 3.8) is 0 Å².